The number of hydrogen-bond donors (Lipinski definition) is 2. The lowest BCUT2D eigenvalue weighted by Crippen LogP contribution is -2.38. The first kappa shape index (κ1) is 12.4. The van der Waals surface area contributed by atoms with Gasteiger partial charge < -0.3 is 10.4 Å². The molecule has 4 heteroatoms. The molecule has 96 valence electrons. The number of carboxylic acid groups (broad SMARTS) is 1. The van der Waals surface area contributed by atoms with Crippen molar-refractivity contribution in [2.24, 2.45) is 23.2 Å². The molecule has 0 aromatic rings. The Bertz CT molecular complexity index is 351. The summed E-state index contributed by atoms with van der Waals surface area (Å²) < 4.78 is 0. The molecule has 2 saturated carbocycles. The monoisotopic (exact) mass is 239 g/mol. The molecule has 2 N–H and O–H groups in total. The van der Waals surface area contributed by atoms with Crippen molar-refractivity contribution in [3.63, 3.8) is 0 Å². The Kier molecular flexibility index (Phi) is 2.92. The maximum atomic E-state index is 12.1. The van der Waals surface area contributed by atoms with E-state index < -0.39 is 17.3 Å². The first-order valence-corrected chi connectivity index (χ1v) is 6.39. The van der Waals surface area contributed by atoms with E-state index in [1.54, 1.807) is 0 Å². The second-order valence-electron chi connectivity index (χ2n) is 6.14. The van der Waals surface area contributed by atoms with Crippen LogP contribution in [0.3, 0.4) is 0 Å². The Labute approximate surface area is 102 Å². The van der Waals surface area contributed by atoms with Crippen LogP contribution >= 0.6 is 0 Å². The van der Waals surface area contributed by atoms with Gasteiger partial charge in [-0.1, -0.05) is 27.2 Å². The molecule has 2 aliphatic rings. The molecule has 4 nitrogen and oxygen atoms in total. The van der Waals surface area contributed by atoms with Gasteiger partial charge >= 0.3 is 5.97 Å². The molecule has 0 bridgehead atoms. The van der Waals surface area contributed by atoms with Gasteiger partial charge in [0.2, 0.25) is 5.91 Å². The normalized spacial score (nSPS) is 38.8. The second-order valence-corrected chi connectivity index (χ2v) is 6.14. The molecular formula is C13H21NO3. The number of amides is 1. The van der Waals surface area contributed by atoms with Crippen LogP contribution < -0.4 is 5.32 Å². The molecule has 2 fully saturated rings. The summed E-state index contributed by atoms with van der Waals surface area (Å²) in [6.45, 7) is 5.85. The average Bonchev–Trinajstić information content (AvgIpc) is 2.58. The van der Waals surface area contributed by atoms with E-state index in [-0.39, 0.29) is 17.9 Å². The van der Waals surface area contributed by atoms with Gasteiger partial charge in [-0.3, -0.25) is 9.59 Å². The van der Waals surface area contributed by atoms with Crippen molar-refractivity contribution < 1.29 is 14.7 Å². The second kappa shape index (κ2) is 4.00. The van der Waals surface area contributed by atoms with Gasteiger partial charge in [0.05, 0.1) is 11.8 Å². The lowest BCUT2D eigenvalue weighted by atomic mass is 10.1. The summed E-state index contributed by atoms with van der Waals surface area (Å²) in [7, 11) is 0. The molecule has 2 rings (SSSR count). The molecular weight excluding hydrogens is 218 g/mol. The van der Waals surface area contributed by atoms with Gasteiger partial charge in [-0.2, -0.15) is 0 Å². The molecule has 4 atom stereocenters. The summed E-state index contributed by atoms with van der Waals surface area (Å²) in [6, 6.07) is 0.244. The third-order valence-electron chi connectivity index (χ3n) is 4.57. The minimum absolute atomic E-state index is 0.0684. The number of carbonyl (C=O) groups is 2. The van der Waals surface area contributed by atoms with Crippen LogP contribution in [0, 0.1) is 23.2 Å². The summed E-state index contributed by atoms with van der Waals surface area (Å²) in [5.41, 5.74) is -0.391. The molecule has 0 spiro atoms. The smallest absolute Gasteiger partial charge is 0.307 e. The van der Waals surface area contributed by atoms with Crippen LogP contribution in [0.2, 0.25) is 0 Å². The topological polar surface area (TPSA) is 66.4 Å². The fraction of sp³-hybridized carbons (Fsp3) is 0.846. The van der Waals surface area contributed by atoms with Gasteiger partial charge in [-0.25, -0.2) is 0 Å². The first-order valence-electron chi connectivity index (χ1n) is 6.39. The molecule has 2 unspecified atom stereocenters. The van der Waals surface area contributed by atoms with Crippen LogP contribution in [-0.2, 0) is 9.59 Å². The predicted octanol–water partition coefficient (Wildman–Crippen LogP) is 1.65. The maximum absolute atomic E-state index is 12.1. The third kappa shape index (κ3) is 2.05. The third-order valence-corrected chi connectivity index (χ3v) is 4.57. The zero-order chi connectivity index (χ0) is 12.8. The van der Waals surface area contributed by atoms with Crippen LogP contribution in [0.25, 0.3) is 0 Å². The van der Waals surface area contributed by atoms with Crippen LogP contribution in [0.1, 0.15) is 40.0 Å². The van der Waals surface area contributed by atoms with Gasteiger partial charge in [0.1, 0.15) is 0 Å². The maximum Gasteiger partial charge on any atom is 0.307 e. The number of rotatable bonds is 3. The molecule has 0 heterocycles. The number of hydrogen-bond acceptors (Lipinski definition) is 2. The molecule has 1 amide bonds. The molecule has 0 radical (unpaired) electrons. The Hall–Kier alpha value is -1.06. The molecule has 0 saturated heterocycles. The Balaban J connectivity index is 1.96. The Morgan fingerprint density at radius 2 is 1.88 bits per heavy atom. The molecule has 2 aliphatic carbocycles. The number of carboxylic acids is 1. The van der Waals surface area contributed by atoms with Crippen molar-refractivity contribution in [3.05, 3.63) is 0 Å². The average molecular weight is 239 g/mol. The highest BCUT2D eigenvalue weighted by molar-refractivity contribution is 5.91. The highest BCUT2D eigenvalue weighted by Gasteiger charge is 2.66. The fourth-order valence-electron chi connectivity index (χ4n) is 3.22. The summed E-state index contributed by atoms with van der Waals surface area (Å²) in [6.07, 6.45) is 3.34. The number of nitrogens with one attached hydrogen (secondary N) is 1. The first-order chi connectivity index (χ1) is 7.85. The predicted molar refractivity (Wildman–Crippen MR) is 63.3 cm³/mol. The standard InChI is InChI=1S/C13H21NO3/c1-7-5-4-6-8(7)14-11(15)9-10(12(16)17)13(9,2)3/h7-10H,4-6H2,1-3H3,(H,14,15)(H,16,17)/t7?,8?,9-,10+/m0/s1. The number of carbonyl (C=O) groups excluding carboxylic acids is 1. The van der Waals surface area contributed by atoms with Gasteiger partial charge in [0.25, 0.3) is 0 Å². The van der Waals surface area contributed by atoms with Crippen molar-refractivity contribution >= 4 is 11.9 Å². The van der Waals surface area contributed by atoms with E-state index >= 15 is 0 Å². The van der Waals surface area contributed by atoms with Gasteiger partial charge in [-0.05, 0) is 24.2 Å². The quantitative estimate of drug-likeness (QED) is 0.787. The Morgan fingerprint density at radius 1 is 1.24 bits per heavy atom. The molecule has 0 aliphatic heterocycles. The number of aliphatic carboxylic acids is 1. The van der Waals surface area contributed by atoms with Crippen molar-refractivity contribution in [2.45, 2.75) is 46.1 Å². The summed E-state index contributed by atoms with van der Waals surface area (Å²) in [4.78, 5) is 23.1. The van der Waals surface area contributed by atoms with Crippen molar-refractivity contribution in [1.29, 1.82) is 0 Å². The van der Waals surface area contributed by atoms with Gasteiger partial charge in [0, 0.05) is 6.04 Å². The van der Waals surface area contributed by atoms with Crippen LogP contribution in [0.4, 0.5) is 0 Å². The zero-order valence-electron chi connectivity index (χ0n) is 10.7. The van der Waals surface area contributed by atoms with Crippen LogP contribution in [0.15, 0.2) is 0 Å². The van der Waals surface area contributed by atoms with Crippen molar-refractivity contribution in [1.82, 2.24) is 5.32 Å². The molecule has 17 heavy (non-hydrogen) atoms. The van der Waals surface area contributed by atoms with E-state index in [0.717, 1.165) is 19.3 Å². The molecule has 0 aromatic carbocycles. The van der Waals surface area contributed by atoms with E-state index in [4.69, 9.17) is 5.11 Å². The lowest BCUT2D eigenvalue weighted by Gasteiger charge is -2.17. The minimum atomic E-state index is -0.852. The van der Waals surface area contributed by atoms with E-state index in [9.17, 15) is 9.59 Å². The van der Waals surface area contributed by atoms with Crippen molar-refractivity contribution in [2.75, 3.05) is 0 Å². The van der Waals surface area contributed by atoms with Crippen molar-refractivity contribution in [3.8, 4) is 0 Å². The lowest BCUT2D eigenvalue weighted by molar-refractivity contribution is -0.140. The fourth-order valence-corrected chi connectivity index (χ4v) is 3.22. The summed E-state index contributed by atoms with van der Waals surface area (Å²) in [5, 5.41) is 12.1. The summed E-state index contributed by atoms with van der Waals surface area (Å²) in [5.74, 6) is -1.27. The van der Waals surface area contributed by atoms with E-state index in [1.807, 2.05) is 13.8 Å². The van der Waals surface area contributed by atoms with Crippen LogP contribution in [0.5, 0.6) is 0 Å². The van der Waals surface area contributed by atoms with E-state index in [1.165, 1.54) is 0 Å². The Morgan fingerprint density at radius 3 is 2.29 bits per heavy atom. The molecule has 0 aromatic heterocycles. The minimum Gasteiger partial charge on any atom is -0.481 e. The largest absolute Gasteiger partial charge is 0.481 e. The van der Waals surface area contributed by atoms with Gasteiger partial charge in [-0.15, -0.1) is 0 Å². The highest BCUT2D eigenvalue weighted by atomic mass is 16.4. The SMILES string of the molecule is CC1CCCC1NC(=O)[C@@H]1[C@H](C(=O)O)C1(C)C. The van der Waals surface area contributed by atoms with E-state index in [2.05, 4.69) is 12.2 Å². The van der Waals surface area contributed by atoms with E-state index in [0.29, 0.717) is 5.92 Å². The zero-order valence-corrected chi connectivity index (χ0v) is 10.7. The summed E-state index contributed by atoms with van der Waals surface area (Å²) >= 11 is 0. The highest BCUT2D eigenvalue weighted by Crippen LogP contribution is 2.58. The van der Waals surface area contributed by atoms with Crippen LogP contribution in [-0.4, -0.2) is 23.0 Å². The van der Waals surface area contributed by atoms with Gasteiger partial charge in [0.15, 0.2) is 0 Å².